The Morgan fingerprint density at radius 1 is 0.909 bits per heavy atom. The zero-order chi connectivity index (χ0) is 15.6. The molecule has 2 rings (SSSR count). The molecular weight excluding hydrogens is 276 g/mol. The minimum Gasteiger partial charge on any atom is -0.457 e. The van der Waals surface area contributed by atoms with Crippen molar-refractivity contribution in [3.63, 3.8) is 0 Å². The van der Waals surface area contributed by atoms with E-state index < -0.39 is 0 Å². The van der Waals surface area contributed by atoms with E-state index in [9.17, 15) is 0 Å². The second kappa shape index (κ2) is 8.89. The van der Waals surface area contributed by atoms with Gasteiger partial charge in [0.05, 0.1) is 0 Å². The highest BCUT2D eigenvalue weighted by atomic mass is 16.7. The molecule has 0 amide bonds. The number of hydrogen-bond acceptors (Lipinski definition) is 3. The molecule has 0 aliphatic carbocycles. The summed E-state index contributed by atoms with van der Waals surface area (Å²) in [7, 11) is 0. The van der Waals surface area contributed by atoms with Crippen LogP contribution in [-0.4, -0.2) is 19.5 Å². The Balaban J connectivity index is 1.84. The average molecular weight is 296 g/mol. The second-order valence-corrected chi connectivity index (χ2v) is 4.58. The van der Waals surface area contributed by atoms with Crippen molar-refractivity contribution in [1.29, 1.82) is 0 Å². The predicted octanol–water partition coefficient (Wildman–Crippen LogP) is 4.23. The van der Waals surface area contributed by atoms with E-state index in [4.69, 9.17) is 14.2 Å². The SMILES string of the molecule is CCOC(C)OCC#Cc1ccc(Oc2ccccc2)cc1. The second-order valence-electron chi connectivity index (χ2n) is 4.58. The molecule has 114 valence electrons. The third-order valence-electron chi connectivity index (χ3n) is 2.86. The minimum absolute atomic E-state index is 0.221. The number of ether oxygens (including phenoxy) is 3. The van der Waals surface area contributed by atoms with Crippen LogP contribution in [0.2, 0.25) is 0 Å². The van der Waals surface area contributed by atoms with Crippen LogP contribution in [0.1, 0.15) is 19.4 Å². The van der Waals surface area contributed by atoms with Gasteiger partial charge in [-0.25, -0.2) is 0 Å². The van der Waals surface area contributed by atoms with Gasteiger partial charge in [0, 0.05) is 12.2 Å². The minimum atomic E-state index is -0.221. The molecule has 0 radical (unpaired) electrons. The molecule has 0 spiro atoms. The molecule has 0 N–H and O–H groups in total. The summed E-state index contributed by atoms with van der Waals surface area (Å²) in [6.07, 6.45) is -0.221. The van der Waals surface area contributed by atoms with Crippen LogP contribution in [0.3, 0.4) is 0 Å². The van der Waals surface area contributed by atoms with E-state index in [1.807, 2.05) is 68.4 Å². The largest absolute Gasteiger partial charge is 0.457 e. The quantitative estimate of drug-likeness (QED) is 0.590. The first kappa shape index (κ1) is 16.1. The fraction of sp³-hybridized carbons (Fsp3) is 0.263. The summed E-state index contributed by atoms with van der Waals surface area (Å²) in [4.78, 5) is 0. The maximum Gasteiger partial charge on any atom is 0.156 e. The van der Waals surface area contributed by atoms with E-state index in [0.717, 1.165) is 17.1 Å². The molecule has 3 nitrogen and oxygen atoms in total. The van der Waals surface area contributed by atoms with Crippen molar-refractivity contribution in [3.05, 3.63) is 60.2 Å². The third kappa shape index (κ3) is 5.61. The van der Waals surface area contributed by atoms with Gasteiger partial charge in [-0.1, -0.05) is 30.0 Å². The van der Waals surface area contributed by atoms with Crippen LogP contribution in [0, 0.1) is 11.8 Å². The molecule has 0 aromatic heterocycles. The summed E-state index contributed by atoms with van der Waals surface area (Å²) in [5.74, 6) is 7.62. The van der Waals surface area contributed by atoms with Crippen molar-refractivity contribution in [3.8, 4) is 23.3 Å². The molecule has 2 aromatic carbocycles. The normalized spacial score (nSPS) is 11.4. The molecule has 2 aromatic rings. The zero-order valence-corrected chi connectivity index (χ0v) is 12.9. The highest BCUT2D eigenvalue weighted by molar-refractivity contribution is 5.39. The summed E-state index contributed by atoms with van der Waals surface area (Å²) in [5.41, 5.74) is 0.924. The van der Waals surface area contributed by atoms with Crippen molar-refractivity contribution in [2.24, 2.45) is 0 Å². The Bertz CT molecular complexity index is 609. The lowest BCUT2D eigenvalue weighted by Gasteiger charge is -2.09. The first-order valence-corrected chi connectivity index (χ1v) is 7.33. The molecule has 3 heteroatoms. The first-order chi connectivity index (χ1) is 10.8. The van der Waals surface area contributed by atoms with Crippen LogP contribution in [-0.2, 0) is 9.47 Å². The molecule has 0 fully saturated rings. The van der Waals surface area contributed by atoms with Gasteiger partial charge in [-0.3, -0.25) is 0 Å². The van der Waals surface area contributed by atoms with Crippen LogP contribution in [0.5, 0.6) is 11.5 Å². The van der Waals surface area contributed by atoms with Crippen LogP contribution in [0.25, 0.3) is 0 Å². The predicted molar refractivity (Wildman–Crippen MR) is 86.9 cm³/mol. The Morgan fingerprint density at radius 2 is 1.59 bits per heavy atom. The fourth-order valence-corrected chi connectivity index (χ4v) is 1.81. The lowest BCUT2D eigenvalue weighted by Crippen LogP contribution is -2.12. The maximum atomic E-state index is 5.73. The van der Waals surface area contributed by atoms with E-state index >= 15 is 0 Å². The van der Waals surface area contributed by atoms with Gasteiger partial charge in [0.2, 0.25) is 0 Å². The van der Waals surface area contributed by atoms with Crippen LogP contribution >= 0.6 is 0 Å². The van der Waals surface area contributed by atoms with Gasteiger partial charge in [-0.05, 0) is 50.2 Å². The van der Waals surface area contributed by atoms with Crippen LogP contribution in [0.4, 0.5) is 0 Å². The lowest BCUT2D eigenvalue weighted by atomic mass is 10.2. The Labute approximate surface area is 131 Å². The molecule has 0 bridgehead atoms. The molecular formula is C19H20O3. The Kier molecular flexibility index (Phi) is 6.50. The standard InChI is InChI=1S/C19H20O3/c1-3-20-16(2)21-15-7-8-17-11-13-19(14-12-17)22-18-9-5-4-6-10-18/h4-6,9-14,16H,3,15H2,1-2H3. The molecule has 0 saturated carbocycles. The van der Waals surface area contributed by atoms with Crippen molar-refractivity contribution in [1.82, 2.24) is 0 Å². The monoisotopic (exact) mass is 296 g/mol. The van der Waals surface area contributed by atoms with Gasteiger partial charge < -0.3 is 14.2 Å². The van der Waals surface area contributed by atoms with E-state index in [-0.39, 0.29) is 6.29 Å². The van der Waals surface area contributed by atoms with E-state index in [1.54, 1.807) is 0 Å². The van der Waals surface area contributed by atoms with Crippen LogP contribution < -0.4 is 4.74 Å². The number of rotatable bonds is 6. The van der Waals surface area contributed by atoms with Gasteiger partial charge in [0.15, 0.2) is 6.29 Å². The zero-order valence-electron chi connectivity index (χ0n) is 12.9. The molecule has 0 saturated heterocycles. The molecule has 22 heavy (non-hydrogen) atoms. The van der Waals surface area contributed by atoms with Gasteiger partial charge in [-0.15, -0.1) is 0 Å². The number of para-hydroxylation sites is 1. The summed E-state index contributed by atoms with van der Waals surface area (Å²) < 4.78 is 16.4. The van der Waals surface area contributed by atoms with Crippen molar-refractivity contribution < 1.29 is 14.2 Å². The maximum absolute atomic E-state index is 5.73. The molecule has 0 heterocycles. The van der Waals surface area contributed by atoms with Crippen molar-refractivity contribution >= 4 is 0 Å². The topological polar surface area (TPSA) is 27.7 Å². The Morgan fingerprint density at radius 3 is 2.27 bits per heavy atom. The van der Waals surface area contributed by atoms with Gasteiger partial charge in [0.25, 0.3) is 0 Å². The van der Waals surface area contributed by atoms with Gasteiger partial charge >= 0.3 is 0 Å². The van der Waals surface area contributed by atoms with E-state index in [1.165, 1.54) is 0 Å². The molecule has 0 aliphatic heterocycles. The number of hydrogen-bond donors (Lipinski definition) is 0. The van der Waals surface area contributed by atoms with E-state index in [0.29, 0.717) is 13.2 Å². The lowest BCUT2D eigenvalue weighted by molar-refractivity contribution is -0.117. The summed E-state index contributed by atoms with van der Waals surface area (Å²) in [5, 5.41) is 0. The average Bonchev–Trinajstić information content (AvgIpc) is 2.54. The Hall–Kier alpha value is -2.28. The molecule has 0 aliphatic rings. The number of benzene rings is 2. The summed E-state index contributed by atoms with van der Waals surface area (Å²) in [6, 6.07) is 17.3. The fourth-order valence-electron chi connectivity index (χ4n) is 1.81. The van der Waals surface area contributed by atoms with Crippen molar-refractivity contribution in [2.45, 2.75) is 20.1 Å². The highest BCUT2D eigenvalue weighted by Gasteiger charge is 1.98. The molecule has 1 atom stereocenters. The molecule has 1 unspecified atom stereocenters. The van der Waals surface area contributed by atoms with Crippen molar-refractivity contribution in [2.75, 3.05) is 13.2 Å². The third-order valence-corrected chi connectivity index (χ3v) is 2.86. The smallest absolute Gasteiger partial charge is 0.156 e. The summed E-state index contributed by atoms with van der Waals surface area (Å²) >= 11 is 0. The van der Waals surface area contributed by atoms with Crippen LogP contribution in [0.15, 0.2) is 54.6 Å². The van der Waals surface area contributed by atoms with Gasteiger partial charge in [0.1, 0.15) is 18.1 Å². The first-order valence-electron chi connectivity index (χ1n) is 7.33. The van der Waals surface area contributed by atoms with E-state index in [2.05, 4.69) is 11.8 Å². The highest BCUT2D eigenvalue weighted by Crippen LogP contribution is 2.20. The van der Waals surface area contributed by atoms with Gasteiger partial charge in [-0.2, -0.15) is 0 Å². The summed E-state index contributed by atoms with van der Waals surface area (Å²) in [6.45, 7) is 4.78.